The van der Waals surface area contributed by atoms with E-state index >= 15 is 0 Å². The van der Waals surface area contributed by atoms with Crippen LogP contribution in [0.1, 0.15) is 31.0 Å². The summed E-state index contributed by atoms with van der Waals surface area (Å²) in [6.45, 7) is 10.6. The predicted molar refractivity (Wildman–Crippen MR) is 105 cm³/mol. The van der Waals surface area contributed by atoms with Gasteiger partial charge in [0.05, 0.1) is 23.4 Å². The van der Waals surface area contributed by atoms with Crippen LogP contribution in [0.2, 0.25) is 0 Å². The highest BCUT2D eigenvalue weighted by Gasteiger charge is 2.19. The Hall–Kier alpha value is -1.70. The van der Waals surface area contributed by atoms with Crippen molar-refractivity contribution in [3.63, 3.8) is 0 Å². The molecule has 0 amide bonds. The van der Waals surface area contributed by atoms with E-state index < -0.39 is 0 Å². The number of hydrogen-bond donors (Lipinski definition) is 0. The number of thiophene rings is 1. The summed E-state index contributed by atoms with van der Waals surface area (Å²) in [4.78, 5) is 16.7. The lowest BCUT2D eigenvalue weighted by molar-refractivity contribution is 0.0176. The molecule has 1 aliphatic rings. The fourth-order valence-electron chi connectivity index (χ4n) is 3.80. The predicted octanol–water partition coefficient (Wildman–Crippen LogP) is 2.69. The second kappa shape index (κ2) is 7.13. The molecule has 0 N–H and O–H groups in total. The Kier molecular flexibility index (Phi) is 4.86. The van der Waals surface area contributed by atoms with Gasteiger partial charge in [0.15, 0.2) is 0 Å². The lowest BCUT2D eigenvalue weighted by atomic mass is 10.2. The van der Waals surface area contributed by atoms with Gasteiger partial charge in [0.1, 0.15) is 11.3 Å². The van der Waals surface area contributed by atoms with E-state index in [2.05, 4.69) is 31.7 Å². The van der Waals surface area contributed by atoms with Gasteiger partial charge in [-0.05, 0) is 32.4 Å². The highest BCUT2D eigenvalue weighted by Crippen LogP contribution is 2.28. The highest BCUT2D eigenvalue weighted by molar-refractivity contribution is 7.19. The largest absolute Gasteiger partial charge is 0.379 e. The van der Waals surface area contributed by atoms with Gasteiger partial charge in [-0.1, -0.05) is 6.92 Å². The van der Waals surface area contributed by atoms with Gasteiger partial charge in [0, 0.05) is 37.0 Å². The van der Waals surface area contributed by atoms with E-state index in [9.17, 15) is 4.79 Å². The van der Waals surface area contributed by atoms with Crippen LogP contribution < -0.4 is 5.56 Å². The van der Waals surface area contributed by atoms with Gasteiger partial charge in [0.2, 0.25) is 0 Å². The molecule has 140 valence electrons. The van der Waals surface area contributed by atoms with Crippen molar-refractivity contribution in [1.29, 1.82) is 0 Å². The molecule has 4 heterocycles. The van der Waals surface area contributed by atoms with Crippen LogP contribution in [-0.4, -0.2) is 51.4 Å². The van der Waals surface area contributed by atoms with Crippen molar-refractivity contribution in [2.75, 3.05) is 26.3 Å². The summed E-state index contributed by atoms with van der Waals surface area (Å²) in [5, 5.41) is 4.70. The number of rotatable bonds is 5. The molecule has 4 rings (SSSR count). The number of hydrogen-bond acceptors (Lipinski definition) is 5. The average molecular weight is 375 g/mol. The summed E-state index contributed by atoms with van der Waals surface area (Å²) < 4.78 is 10.3. The fourth-order valence-corrected chi connectivity index (χ4v) is 4.75. The minimum Gasteiger partial charge on any atom is -0.379 e. The summed E-state index contributed by atoms with van der Waals surface area (Å²) in [5.74, 6) is 0.950. The Morgan fingerprint density at radius 1 is 1.27 bits per heavy atom. The van der Waals surface area contributed by atoms with Crippen LogP contribution in [0.4, 0.5) is 0 Å². The summed E-state index contributed by atoms with van der Waals surface area (Å²) in [6.07, 6.45) is 1.72. The minimum absolute atomic E-state index is 0.0115. The van der Waals surface area contributed by atoms with Crippen molar-refractivity contribution in [3.05, 3.63) is 33.2 Å². The normalized spacial score (nSPS) is 17.3. The van der Waals surface area contributed by atoms with Gasteiger partial charge in [0.25, 0.3) is 5.56 Å². The summed E-state index contributed by atoms with van der Waals surface area (Å²) >= 11 is 1.73. The molecular formula is C19H26N4O2S. The maximum Gasteiger partial charge on any atom is 0.291 e. The first-order chi connectivity index (χ1) is 12.6. The Labute approximate surface area is 157 Å². The average Bonchev–Trinajstić information content (AvgIpc) is 3.18. The molecule has 1 unspecified atom stereocenters. The zero-order chi connectivity index (χ0) is 18.3. The van der Waals surface area contributed by atoms with Crippen LogP contribution in [0.3, 0.4) is 0 Å². The number of morpholine rings is 1. The first-order valence-electron chi connectivity index (χ1n) is 9.42. The summed E-state index contributed by atoms with van der Waals surface area (Å²) in [5.41, 5.74) is 1.87. The third-order valence-electron chi connectivity index (χ3n) is 5.30. The van der Waals surface area contributed by atoms with Gasteiger partial charge in [-0.3, -0.25) is 14.1 Å². The van der Waals surface area contributed by atoms with Gasteiger partial charge < -0.3 is 4.74 Å². The van der Waals surface area contributed by atoms with Crippen molar-refractivity contribution < 1.29 is 4.74 Å². The number of nitrogens with zero attached hydrogens (tertiary/aromatic N) is 4. The third kappa shape index (κ3) is 3.08. The van der Waals surface area contributed by atoms with Crippen LogP contribution in [0.5, 0.6) is 0 Å². The molecule has 1 atom stereocenters. The molecule has 1 saturated heterocycles. The molecule has 3 aromatic heterocycles. The molecule has 0 radical (unpaired) electrons. The van der Waals surface area contributed by atoms with Gasteiger partial charge >= 0.3 is 0 Å². The van der Waals surface area contributed by atoms with Crippen LogP contribution in [-0.2, 0) is 17.7 Å². The molecule has 6 nitrogen and oxygen atoms in total. The topological polar surface area (TPSA) is 51.8 Å². The van der Waals surface area contributed by atoms with E-state index in [-0.39, 0.29) is 5.56 Å². The van der Waals surface area contributed by atoms with Crippen molar-refractivity contribution in [2.24, 2.45) is 0 Å². The van der Waals surface area contributed by atoms with Crippen molar-refractivity contribution in [2.45, 2.75) is 46.2 Å². The van der Waals surface area contributed by atoms with Crippen molar-refractivity contribution in [3.8, 4) is 0 Å². The van der Waals surface area contributed by atoms with Gasteiger partial charge in [-0.2, -0.15) is 5.10 Å². The highest BCUT2D eigenvalue weighted by atomic mass is 32.1. The van der Waals surface area contributed by atoms with E-state index in [1.807, 2.05) is 10.5 Å². The molecule has 0 spiro atoms. The summed E-state index contributed by atoms with van der Waals surface area (Å²) in [7, 11) is 0. The summed E-state index contributed by atoms with van der Waals surface area (Å²) in [6, 6.07) is 4.60. The Bertz CT molecular complexity index is 981. The first kappa shape index (κ1) is 17.7. The fraction of sp³-hybridized carbons (Fsp3) is 0.579. The Balaban J connectivity index is 1.65. The van der Waals surface area contributed by atoms with E-state index in [1.54, 1.807) is 16.0 Å². The second-order valence-electron chi connectivity index (χ2n) is 7.06. The number of aryl methyl sites for hydroxylation is 3. The molecule has 7 heteroatoms. The van der Waals surface area contributed by atoms with Crippen molar-refractivity contribution in [1.82, 2.24) is 19.1 Å². The van der Waals surface area contributed by atoms with E-state index in [4.69, 9.17) is 9.84 Å². The van der Waals surface area contributed by atoms with Crippen LogP contribution in [0.15, 0.2) is 16.9 Å². The van der Waals surface area contributed by atoms with Gasteiger partial charge in [-0.15, -0.1) is 11.3 Å². The molecule has 1 aliphatic heterocycles. The van der Waals surface area contributed by atoms with Crippen LogP contribution in [0.25, 0.3) is 15.7 Å². The smallest absolute Gasteiger partial charge is 0.291 e. The zero-order valence-electron chi connectivity index (χ0n) is 15.7. The molecule has 1 fully saturated rings. The molecule has 0 aromatic carbocycles. The van der Waals surface area contributed by atoms with Crippen LogP contribution in [0, 0.1) is 6.92 Å². The van der Waals surface area contributed by atoms with Crippen molar-refractivity contribution >= 4 is 27.1 Å². The number of aromatic nitrogens is 3. The minimum atomic E-state index is 0.0115. The molecule has 0 aliphatic carbocycles. The Morgan fingerprint density at radius 3 is 2.77 bits per heavy atom. The van der Waals surface area contributed by atoms with Gasteiger partial charge in [-0.25, -0.2) is 4.68 Å². The molecule has 3 aromatic rings. The second-order valence-corrected chi connectivity index (χ2v) is 8.34. The SMILES string of the molecule is CCc1nn(CCC(C)N2CCOCC2)c(=O)c2cc3sc(C)cc3n12. The molecule has 26 heavy (non-hydrogen) atoms. The zero-order valence-corrected chi connectivity index (χ0v) is 16.5. The monoisotopic (exact) mass is 374 g/mol. The maximum atomic E-state index is 13.0. The lowest BCUT2D eigenvalue weighted by Crippen LogP contribution is -2.43. The van der Waals surface area contributed by atoms with E-state index in [1.165, 1.54) is 4.88 Å². The quantitative estimate of drug-likeness (QED) is 0.689. The molecular weight excluding hydrogens is 348 g/mol. The molecule has 0 bridgehead atoms. The number of ether oxygens (including phenoxy) is 1. The number of fused-ring (bicyclic) bond motifs is 3. The maximum absolute atomic E-state index is 13.0. The Morgan fingerprint density at radius 2 is 2.04 bits per heavy atom. The lowest BCUT2D eigenvalue weighted by Gasteiger charge is -2.32. The molecule has 0 saturated carbocycles. The van der Waals surface area contributed by atoms with Crippen LogP contribution >= 0.6 is 11.3 Å². The van der Waals surface area contributed by atoms with E-state index in [0.717, 1.165) is 60.7 Å². The van der Waals surface area contributed by atoms with E-state index in [0.29, 0.717) is 12.6 Å². The first-order valence-corrected chi connectivity index (χ1v) is 10.2. The standard InChI is InChI=1S/C19H26N4O2S/c1-4-18-20-22(6-5-13(2)21-7-9-25-10-8-21)19(24)16-12-17-15(23(16)18)11-14(3)26-17/h11-13H,4-10H2,1-3H3. The third-order valence-corrected chi connectivity index (χ3v) is 6.29.